The molecule has 0 aromatic carbocycles. The number of sulfone groups is 1. The highest BCUT2D eigenvalue weighted by molar-refractivity contribution is 7.91. The Bertz CT molecular complexity index is 632. The van der Waals surface area contributed by atoms with Crippen LogP contribution in [0, 0.1) is 0 Å². The van der Waals surface area contributed by atoms with Gasteiger partial charge in [-0.3, -0.25) is 4.79 Å². The number of nitrogens with zero attached hydrogens (tertiary/aromatic N) is 2. The van der Waals surface area contributed by atoms with E-state index in [1.807, 2.05) is 0 Å². The van der Waals surface area contributed by atoms with Gasteiger partial charge in [0.2, 0.25) is 5.89 Å². The van der Waals surface area contributed by atoms with Crippen molar-refractivity contribution in [1.82, 2.24) is 10.1 Å². The third kappa shape index (κ3) is 2.21. The second-order valence-electron chi connectivity index (χ2n) is 5.36. The Hall–Kier alpha value is -1.44. The molecule has 110 valence electrons. The van der Waals surface area contributed by atoms with E-state index >= 15 is 0 Å². The Balaban J connectivity index is 1.80. The molecule has 1 atom stereocenters. The predicted molar refractivity (Wildman–Crippen MR) is 67.9 cm³/mol. The zero-order chi connectivity index (χ0) is 14.4. The van der Waals surface area contributed by atoms with Gasteiger partial charge in [0.15, 0.2) is 15.7 Å². The van der Waals surface area contributed by atoms with Crippen molar-refractivity contribution in [1.29, 1.82) is 0 Å². The summed E-state index contributed by atoms with van der Waals surface area (Å²) in [6.45, 7) is 2.05. The number of hydrogen-bond donors (Lipinski definition) is 0. The quantitative estimate of drug-likeness (QED) is 0.749. The van der Waals surface area contributed by atoms with Crippen LogP contribution in [0.4, 0.5) is 0 Å². The molecule has 0 bridgehead atoms. The summed E-state index contributed by atoms with van der Waals surface area (Å²) in [4.78, 5) is 16.2. The Morgan fingerprint density at radius 1 is 1.50 bits per heavy atom. The number of rotatable bonds is 4. The number of hydrogen-bond acceptors (Lipinski definition) is 7. The summed E-state index contributed by atoms with van der Waals surface area (Å²) < 4.78 is 33.1. The van der Waals surface area contributed by atoms with Gasteiger partial charge in [0.25, 0.3) is 0 Å². The lowest BCUT2D eigenvalue weighted by atomic mass is 10.1. The van der Waals surface area contributed by atoms with Crippen molar-refractivity contribution in [3.05, 3.63) is 11.7 Å². The van der Waals surface area contributed by atoms with Crippen molar-refractivity contribution in [3.63, 3.8) is 0 Å². The maximum absolute atomic E-state index is 11.9. The summed E-state index contributed by atoms with van der Waals surface area (Å²) >= 11 is 0. The molecule has 0 amide bonds. The zero-order valence-electron chi connectivity index (χ0n) is 11.2. The molecule has 1 aromatic rings. The van der Waals surface area contributed by atoms with Gasteiger partial charge in [-0.1, -0.05) is 5.16 Å². The molecule has 2 aliphatic rings. The molecule has 3 rings (SSSR count). The normalized spacial score (nSPS) is 26.4. The molecule has 1 unspecified atom stereocenters. The van der Waals surface area contributed by atoms with Crippen molar-refractivity contribution >= 4 is 15.8 Å². The summed E-state index contributed by atoms with van der Waals surface area (Å²) in [5.74, 6) is 0.291. The topological polar surface area (TPSA) is 99.4 Å². The summed E-state index contributed by atoms with van der Waals surface area (Å²) in [5, 5.41) is 3.85. The SMILES string of the molecule is CCOC(=O)C1(c2nc(C3CCS(=O)(=O)C3)no2)CC1. The van der Waals surface area contributed by atoms with Crippen molar-refractivity contribution in [2.45, 2.75) is 37.5 Å². The monoisotopic (exact) mass is 300 g/mol. The molecule has 0 N–H and O–H groups in total. The first-order valence-corrected chi connectivity index (χ1v) is 8.51. The fourth-order valence-electron chi connectivity index (χ4n) is 2.49. The van der Waals surface area contributed by atoms with E-state index in [-0.39, 0.29) is 29.3 Å². The molecule has 2 heterocycles. The van der Waals surface area contributed by atoms with Crippen LogP contribution in [0.1, 0.15) is 43.8 Å². The van der Waals surface area contributed by atoms with E-state index in [0.29, 0.717) is 31.7 Å². The minimum Gasteiger partial charge on any atom is -0.465 e. The standard InChI is InChI=1S/C12H16N2O5S/c1-2-18-11(15)12(4-5-12)10-13-9(14-19-10)8-3-6-20(16,17)7-8/h8H,2-7H2,1H3. The molecule has 8 heteroatoms. The average Bonchev–Trinajstić information content (AvgIpc) is 2.90. The van der Waals surface area contributed by atoms with Gasteiger partial charge in [0.1, 0.15) is 5.41 Å². The first kappa shape index (κ1) is 13.5. The van der Waals surface area contributed by atoms with Crippen LogP contribution < -0.4 is 0 Å². The van der Waals surface area contributed by atoms with Crippen LogP contribution in [0.2, 0.25) is 0 Å². The molecule has 20 heavy (non-hydrogen) atoms. The fraction of sp³-hybridized carbons (Fsp3) is 0.750. The van der Waals surface area contributed by atoms with Crippen LogP contribution in [0.5, 0.6) is 0 Å². The molecule has 7 nitrogen and oxygen atoms in total. The van der Waals surface area contributed by atoms with Crippen molar-refractivity contribution in [3.8, 4) is 0 Å². The van der Waals surface area contributed by atoms with E-state index in [0.717, 1.165) is 0 Å². The Kier molecular flexibility index (Phi) is 3.07. The Morgan fingerprint density at radius 3 is 2.80 bits per heavy atom. The van der Waals surface area contributed by atoms with Gasteiger partial charge in [-0.2, -0.15) is 4.98 Å². The number of aromatic nitrogens is 2. The minimum atomic E-state index is -2.99. The molecule has 0 spiro atoms. The predicted octanol–water partition coefficient (Wildman–Crippen LogP) is 0.566. The molecular weight excluding hydrogens is 284 g/mol. The Morgan fingerprint density at radius 2 is 2.25 bits per heavy atom. The zero-order valence-corrected chi connectivity index (χ0v) is 12.0. The molecule has 0 radical (unpaired) electrons. The van der Waals surface area contributed by atoms with Crippen LogP contribution in [0.3, 0.4) is 0 Å². The molecule has 1 aromatic heterocycles. The van der Waals surface area contributed by atoms with Crippen LogP contribution >= 0.6 is 0 Å². The first-order chi connectivity index (χ1) is 9.47. The molecule has 1 saturated heterocycles. The smallest absolute Gasteiger partial charge is 0.321 e. The van der Waals surface area contributed by atoms with Crippen molar-refractivity contribution < 1.29 is 22.5 Å². The highest BCUT2D eigenvalue weighted by atomic mass is 32.2. The van der Waals surface area contributed by atoms with Crippen LogP contribution in [0.25, 0.3) is 0 Å². The Labute approximate surface area is 116 Å². The summed E-state index contributed by atoms with van der Waals surface area (Å²) in [6.07, 6.45) is 1.78. The third-order valence-corrected chi connectivity index (χ3v) is 5.63. The van der Waals surface area contributed by atoms with Gasteiger partial charge < -0.3 is 9.26 Å². The fourth-order valence-corrected chi connectivity index (χ4v) is 4.23. The third-order valence-electron chi connectivity index (χ3n) is 3.86. The largest absolute Gasteiger partial charge is 0.465 e. The van der Waals surface area contributed by atoms with Crippen molar-refractivity contribution in [2.75, 3.05) is 18.1 Å². The maximum Gasteiger partial charge on any atom is 0.321 e. The molecule has 2 fully saturated rings. The van der Waals surface area contributed by atoms with Gasteiger partial charge in [0.05, 0.1) is 18.1 Å². The van der Waals surface area contributed by atoms with E-state index < -0.39 is 15.3 Å². The lowest BCUT2D eigenvalue weighted by Gasteiger charge is -2.08. The molecule has 1 aliphatic heterocycles. The number of esters is 1. The second kappa shape index (κ2) is 4.54. The van der Waals surface area contributed by atoms with Gasteiger partial charge in [0, 0.05) is 5.92 Å². The molecule has 1 saturated carbocycles. The lowest BCUT2D eigenvalue weighted by Crippen LogP contribution is -2.23. The summed E-state index contributed by atoms with van der Waals surface area (Å²) in [6, 6.07) is 0. The minimum absolute atomic E-state index is 0.0539. The van der Waals surface area contributed by atoms with E-state index in [1.165, 1.54) is 0 Å². The second-order valence-corrected chi connectivity index (χ2v) is 7.59. The average molecular weight is 300 g/mol. The summed E-state index contributed by atoms with van der Waals surface area (Å²) in [7, 11) is -2.99. The summed E-state index contributed by atoms with van der Waals surface area (Å²) in [5.41, 5.74) is -0.793. The highest BCUT2D eigenvalue weighted by Crippen LogP contribution is 2.48. The van der Waals surface area contributed by atoms with E-state index in [9.17, 15) is 13.2 Å². The highest BCUT2D eigenvalue weighted by Gasteiger charge is 2.57. The molecular formula is C12H16N2O5S. The van der Waals surface area contributed by atoms with E-state index in [4.69, 9.17) is 9.26 Å². The van der Waals surface area contributed by atoms with E-state index in [2.05, 4.69) is 10.1 Å². The van der Waals surface area contributed by atoms with Crippen LogP contribution in [-0.2, 0) is 24.8 Å². The van der Waals surface area contributed by atoms with Crippen LogP contribution in [0.15, 0.2) is 4.52 Å². The molecule has 1 aliphatic carbocycles. The van der Waals surface area contributed by atoms with Gasteiger partial charge in [-0.15, -0.1) is 0 Å². The number of carbonyl (C=O) groups excluding carboxylic acids is 1. The van der Waals surface area contributed by atoms with Gasteiger partial charge in [-0.25, -0.2) is 8.42 Å². The van der Waals surface area contributed by atoms with Crippen LogP contribution in [-0.4, -0.2) is 42.6 Å². The first-order valence-electron chi connectivity index (χ1n) is 6.68. The van der Waals surface area contributed by atoms with E-state index in [1.54, 1.807) is 6.92 Å². The van der Waals surface area contributed by atoms with Gasteiger partial charge >= 0.3 is 5.97 Å². The van der Waals surface area contributed by atoms with Crippen molar-refractivity contribution in [2.24, 2.45) is 0 Å². The number of carbonyl (C=O) groups is 1. The lowest BCUT2D eigenvalue weighted by molar-refractivity contribution is -0.146. The van der Waals surface area contributed by atoms with Gasteiger partial charge in [-0.05, 0) is 26.2 Å². The maximum atomic E-state index is 11.9. The number of ether oxygens (including phenoxy) is 1.